The first-order valence-electron chi connectivity index (χ1n) is 10.8. The highest BCUT2D eigenvalue weighted by molar-refractivity contribution is 7.60. The Morgan fingerprint density at radius 3 is 2.21 bits per heavy atom. The Labute approximate surface area is 213 Å². The second-order valence-corrected chi connectivity index (χ2v) is 11.9. The lowest BCUT2D eigenvalue weighted by Crippen LogP contribution is -2.53. The van der Waals surface area contributed by atoms with Crippen LogP contribution in [0.1, 0.15) is 25.0 Å². The van der Waals surface area contributed by atoms with Gasteiger partial charge in [0.2, 0.25) is 0 Å². The van der Waals surface area contributed by atoms with Crippen LogP contribution in [0, 0.1) is 6.92 Å². The van der Waals surface area contributed by atoms with Crippen molar-refractivity contribution in [2.75, 3.05) is 6.61 Å². The van der Waals surface area contributed by atoms with E-state index in [1.165, 1.54) is 25.1 Å². The molecule has 0 spiro atoms. The van der Waals surface area contributed by atoms with Crippen LogP contribution in [0.3, 0.4) is 0 Å². The molecule has 0 bridgehead atoms. The van der Waals surface area contributed by atoms with Gasteiger partial charge in [-0.25, -0.2) is 13.9 Å². The largest absolute Gasteiger partial charge is 0.481 e. The number of aliphatic hydroxyl groups excluding tert-OH is 2. The first kappa shape index (κ1) is 30.4. The number of halogens is 2. The van der Waals surface area contributed by atoms with Crippen LogP contribution in [0.25, 0.3) is 0 Å². The molecule has 2 aromatic rings. The topological polar surface area (TPSA) is 207 Å². The number of aliphatic hydroxyl groups is 2. The third-order valence-corrected chi connectivity index (χ3v) is 8.14. The molecule has 212 valence electrons. The van der Waals surface area contributed by atoms with E-state index in [9.17, 15) is 42.6 Å². The summed E-state index contributed by atoms with van der Waals surface area (Å²) in [4.78, 5) is 52.9. The Bertz CT molecular complexity index is 1410. The molecule has 14 nitrogen and oxygen atoms in total. The van der Waals surface area contributed by atoms with Crippen LogP contribution in [0.15, 0.2) is 46.1 Å². The normalized spacial score (nSPS) is 27.8. The molecule has 2 heterocycles. The molecule has 1 aromatic heterocycles. The van der Waals surface area contributed by atoms with Crippen LogP contribution in [-0.2, 0) is 40.9 Å². The van der Waals surface area contributed by atoms with Crippen molar-refractivity contribution in [2.45, 2.75) is 56.8 Å². The molecular formula is C20H26F2N2O12P2. The maximum absolute atomic E-state index is 15.0. The van der Waals surface area contributed by atoms with Crippen molar-refractivity contribution in [1.29, 1.82) is 0 Å². The van der Waals surface area contributed by atoms with Crippen molar-refractivity contribution in [3.8, 4) is 0 Å². The van der Waals surface area contributed by atoms with Gasteiger partial charge in [-0.05, 0) is 20.8 Å². The highest BCUT2D eigenvalue weighted by Gasteiger charge is 2.60. The van der Waals surface area contributed by atoms with E-state index in [1.54, 1.807) is 0 Å². The molecule has 1 aliphatic rings. The van der Waals surface area contributed by atoms with E-state index < -0.39 is 75.1 Å². The number of hydrogen-bond donors (Lipinski definition) is 5. The van der Waals surface area contributed by atoms with Gasteiger partial charge in [-0.2, -0.15) is 13.1 Å². The van der Waals surface area contributed by atoms with Gasteiger partial charge in [0, 0.05) is 17.3 Å². The van der Waals surface area contributed by atoms with E-state index in [0.717, 1.165) is 32.2 Å². The third-order valence-electron chi connectivity index (χ3n) is 6.01. The summed E-state index contributed by atoms with van der Waals surface area (Å²) in [6, 6.07) is 6.44. The molecule has 0 radical (unpaired) electrons. The van der Waals surface area contributed by atoms with Crippen LogP contribution in [-0.4, -0.2) is 58.4 Å². The first-order chi connectivity index (χ1) is 17.2. The standard InChI is InChI=1S/C20H26F2N2O12P2/c1-12-9-24(17(28)23(16(12)27)10-20(21,22)13-7-5-4-6-8-13)19(3)15(26)14(25)18(2,35-19)11-34-38(32,33)36-37(29,30)31/h4-9,14-15,25-26H,10-11H2,1-3H3,(H,32,33)(H2,29,30,31). The SMILES string of the molecule is Cc1cn(C2(C)OC(C)(COP(=O)(O)OP(=O)(O)O)C(O)C2O)c(=O)n(CC(F)(F)c2ccccc2)c1=O. The number of aryl methyl sites for hydroxylation is 1. The molecule has 1 aromatic carbocycles. The zero-order valence-corrected chi connectivity index (χ0v) is 22.0. The van der Waals surface area contributed by atoms with Gasteiger partial charge in [-0.3, -0.25) is 18.5 Å². The number of aromatic nitrogens is 2. The number of benzene rings is 1. The Hall–Kier alpha value is -2.10. The number of ether oxygens (including phenoxy) is 1. The second kappa shape index (κ2) is 10.1. The summed E-state index contributed by atoms with van der Waals surface area (Å²) in [7, 11) is -10.9. The summed E-state index contributed by atoms with van der Waals surface area (Å²) in [6.45, 7) is 0.927. The van der Waals surface area contributed by atoms with Crippen molar-refractivity contribution in [3.05, 3.63) is 68.5 Å². The molecule has 0 saturated carbocycles. The predicted octanol–water partition coefficient (Wildman–Crippen LogP) is 0.520. The highest BCUT2D eigenvalue weighted by atomic mass is 31.3. The molecule has 5 unspecified atom stereocenters. The van der Waals surface area contributed by atoms with Crippen molar-refractivity contribution in [1.82, 2.24) is 9.13 Å². The number of rotatable bonds is 9. The molecule has 0 aliphatic carbocycles. The van der Waals surface area contributed by atoms with E-state index in [4.69, 9.17) is 14.5 Å². The molecule has 5 atom stereocenters. The third kappa shape index (κ3) is 6.05. The van der Waals surface area contributed by atoms with E-state index in [1.807, 2.05) is 0 Å². The number of phosphoric ester groups is 1. The number of hydrogen-bond acceptors (Lipinski definition) is 9. The van der Waals surface area contributed by atoms with Crippen LogP contribution < -0.4 is 11.2 Å². The van der Waals surface area contributed by atoms with E-state index >= 15 is 0 Å². The van der Waals surface area contributed by atoms with Gasteiger partial charge in [0.05, 0.1) is 13.2 Å². The van der Waals surface area contributed by atoms with E-state index in [-0.39, 0.29) is 10.1 Å². The lowest BCUT2D eigenvalue weighted by atomic mass is 9.96. The zero-order valence-electron chi connectivity index (χ0n) is 20.2. The summed E-state index contributed by atoms with van der Waals surface area (Å²) in [5.41, 5.74) is -7.37. The second-order valence-electron chi connectivity index (χ2n) is 9.10. The van der Waals surface area contributed by atoms with Crippen LogP contribution >= 0.6 is 15.6 Å². The minimum Gasteiger partial charge on any atom is -0.387 e. The van der Waals surface area contributed by atoms with Gasteiger partial charge in [0.25, 0.3) is 11.5 Å². The minimum atomic E-state index is -5.46. The Balaban J connectivity index is 2.00. The quantitative estimate of drug-likeness (QED) is 0.255. The number of phosphoric acid groups is 2. The maximum atomic E-state index is 15.0. The van der Waals surface area contributed by atoms with Crippen LogP contribution in [0.2, 0.25) is 0 Å². The molecule has 18 heteroatoms. The fourth-order valence-corrected chi connectivity index (χ4v) is 5.74. The summed E-state index contributed by atoms with van der Waals surface area (Å²) in [5.74, 6) is -3.66. The van der Waals surface area contributed by atoms with Gasteiger partial charge in [0.15, 0.2) is 5.72 Å². The summed E-state index contributed by atoms with van der Waals surface area (Å²) in [6.07, 6.45) is -3.02. The van der Waals surface area contributed by atoms with Crippen LogP contribution in [0.4, 0.5) is 8.78 Å². The highest BCUT2D eigenvalue weighted by Crippen LogP contribution is 2.58. The van der Waals surface area contributed by atoms with E-state index in [2.05, 4.69) is 8.83 Å². The molecule has 1 fully saturated rings. The Kier molecular flexibility index (Phi) is 8.12. The summed E-state index contributed by atoms with van der Waals surface area (Å²) in [5, 5.41) is 21.4. The van der Waals surface area contributed by atoms with Crippen molar-refractivity contribution < 1.29 is 56.4 Å². The van der Waals surface area contributed by atoms with E-state index in [0.29, 0.717) is 4.57 Å². The maximum Gasteiger partial charge on any atom is 0.481 e. The number of alkyl halides is 2. The smallest absolute Gasteiger partial charge is 0.387 e. The number of nitrogens with zero attached hydrogens (tertiary/aromatic N) is 2. The lowest BCUT2D eigenvalue weighted by molar-refractivity contribution is -0.173. The van der Waals surface area contributed by atoms with Gasteiger partial charge in [-0.15, -0.1) is 0 Å². The van der Waals surface area contributed by atoms with Crippen LogP contribution in [0.5, 0.6) is 0 Å². The predicted molar refractivity (Wildman–Crippen MR) is 124 cm³/mol. The molecular weight excluding hydrogens is 560 g/mol. The lowest BCUT2D eigenvalue weighted by Gasteiger charge is -2.33. The fourth-order valence-electron chi connectivity index (χ4n) is 4.06. The molecule has 38 heavy (non-hydrogen) atoms. The molecule has 1 saturated heterocycles. The van der Waals surface area contributed by atoms with Crippen molar-refractivity contribution >= 4 is 15.6 Å². The summed E-state index contributed by atoms with van der Waals surface area (Å²) < 4.78 is 67.3. The average molecular weight is 586 g/mol. The minimum absolute atomic E-state index is 0.195. The van der Waals surface area contributed by atoms with Gasteiger partial charge in [0.1, 0.15) is 17.8 Å². The Morgan fingerprint density at radius 1 is 1.08 bits per heavy atom. The molecule has 3 rings (SSSR count). The Morgan fingerprint density at radius 2 is 1.66 bits per heavy atom. The fraction of sp³-hybridized carbons (Fsp3) is 0.500. The van der Waals surface area contributed by atoms with Gasteiger partial charge < -0.3 is 29.6 Å². The van der Waals surface area contributed by atoms with Crippen molar-refractivity contribution in [3.63, 3.8) is 0 Å². The molecule has 1 aliphatic heterocycles. The molecule has 5 N–H and O–H groups in total. The first-order valence-corrected chi connectivity index (χ1v) is 13.8. The van der Waals surface area contributed by atoms with Crippen molar-refractivity contribution in [2.24, 2.45) is 0 Å². The average Bonchev–Trinajstić information content (AvgIpc) is 2.98. The van der Waals surface area contributed by atoms with Gasteiger partial charge in [-0.1, -0.05) is 30.3 Å². The summed E-state index contributed by atoms with van der Waals surface area (Å²) >= 11 is 0. The zero-order chi connectivity index (χ0) is 28.9. The molecule has 0 amide bonds. The monoisotopic (exact) mass is 586 g/mol. The van der Waals surface area contributed by atoms with Gasteiger partial charge >= 0.3 is 21.3 Å².